The molecule has 0 aliphatic heterocycles. The maximum absolute atomic E-state index is 5.55. The van der Waals surface area contributed by atoms with E-state index >= 15 is 0 Å². The maximum Gasteiger partial charge on any atom is 0.0406 e. The van der Waals surface area contributed by atoms with Crippen molar-refractivity contribution in [3.63, 3.8) is 0 Å². The minimum absolute atomic E-state index is 0.601. The van der Waals surface area contributed by atoms with Gasteiger partial charge in [0.2, 0.25) is 0 Å². The van der Waals surface area contributed by atoms with Crippen molar-refractivity contribution in [2.75, 3.05) is 11.4 Å². The molecule has 0 bridgehead atoms. The maximum atomic E-state index is 5.55. The van der Waals surface area contributed by atoms with Crippen LogP contribution < -0.4 is 10.6 Å². The topological polar surface area (TPSA) is 29.3 Å². The van der Waals surface area contributed by atoms with Crippen LogP contribution in [-0.4, -0.2) is 6.54 Å². The molecule has 0 fully saturated rings. The molecule has 0 saturated carbocycles. The van der Waals surface area contributed by atoms with E-state index in [0.29, 0.717) is 6.54 Å². The Hall–Kier alpha value is -1.28. The highest BCUT2D eigenvalue weighted by molar-refractivity contribution is 5.49. The van der Waals surface area contributed by atoms with Crippen molar-refractivity contribution < 1.29 is 0 Å². The summed E-state index contributed by atoms with van der Waals surface area (Å²) in [4.78, 5) is 2.17. The summed E-state index contributed by atoms with van der Waals surface area (Å²) in [6, 6.07) is 8.33. The summed E-state index contributed by atoms with van der Waals surface area (Å²) in [5.74, 6) is 0. The average Bonchev–Trinajstić information content (AvgIpc) is 2.31. The van der Waals surface area contributed by atoms with Gasteiger partial charge < -0.3 is 10.6 Å². The Morgan fingerprint density at radius 1 is 1.33 bits per heavy atom. The Kier molecular flexibility index (Phi) is 4.91. The number of anilines is 1. The molecule has 0 aromatic heterocycles. The number of rotatable bonds is 6. The zero-order chi connectivity index (χ0) is 11.1. The molecular weight excluding hydrogens is 184 g/mol. The standard InChI is InChI=1S/C13H20N2/c1-3-5-10-15(4-2)13-8-6-12(11-14)7-9-13/h4,6-9H,2-3,5,10-11,14H2,1H3. The minimum Gasteiger partial charge on any atom is -0.349 e. The van der Waals surface area contributed by atoms with Gasteiger partial charge in [-0.25, -0.2) is 0 Å². The number of nitrogens with two attached hydrogens (primary N) is 1. The molecule has 0 spiro atoms. The Balaban J connectivity index is 2.69. The van der Waals surface area contributed by atoms with Crippen LogP contribution in [0.5, 0.6) is 0 Å². The minimum atomic E-state index is 0.601. The van der Waals surface area contributed by atoms with Crippen LogP contribution in [0.1, 0.15) is 25.3 Å². The molecule has 2 N–H and O–H groups in total. The van der Waals surface area contributed by atoms with Gasteiger partial charge in [0.1, 0.15) is 0 Å². The highest BCUT2D eigenvalue weighted by Gasteiger charge is 2.01. The lowest BCUT2D eigenvalue weighted by molar-refractivity contribution is 0.783. The first-order chi connectivity index (χ1) is 7.31. The number of hydrogen-bond acceptors (Lipinski definition) is 2. The molecule has 0 unspecified atom stereocenters. The van der Waals surface area contributed by atoms with E-state index in [2.05, 4.69) is 42.7 Å². The summed E-state index contributed by atoms with van der Waals surface area (Å²) in [5.41, 5.74) is 7.91. The second-order valence-electron chi connectivity index (χ2n) is 3.60. The molecule has 0 saturated heterocycles. The monoisotopic (exact) mass is 204 g/mol. The van der Waals surface area contributed by atoms with E-state index in [1.165, 1.54) is 24.1 Å². The second-order valence-corrected chi connectivity index (χ2v) is 3.60. The van der Waals surface area contributed by atoms with Gasteiger partial charge in [0.15, 0.2) is 0 Å². The van der Waals surface area contributed by atoms with Crippen molar-refractivity contribution in [3.8, 4) is 0 Å². The van der Waals surface area contributed by atoms with Crippen LogP contribution in [-0.2, 0) is 6.54 Å². The van der Waals surface area contributed by atoms with Crippen molar-refractivity contribution in [1.29, 1.82) is 0 Å². The van der Waals surface area contributed by atoms with Gasteiger partial charge in [0.25, 0.3) is 0 Å². The van der Waals surface area contributed by atoms with E-state index in [-0.39, 0.29) is 0 Å². The van der Waals surface area contributed by atoms with E-state index in [1.54, 1.807) is 0 Å². The van der Waals surface area contributed by atoms with Crippen molar-refractivity contribution in [2.45, 2.75) is 26.3 Å². The smallest absolute Gasteiger partial charge is 0.0406 e. The molecule has 1 rings (SSSR count). The molecule has 15 heavy (non-hydrogen) atoms. The molecule has 2 heteroatoms. The molecule has 0 aliphatic rings. The molecule has 0 radical (unpaired) electrons. The van der Waals surface area contributed by atoms with Gasteiger partial charge in [-0.1, -0.05) is 32.1 Å². The molecule has 0 amide bonds. The third kappa shape index (κ3) is 3.40. The lowest BCUT2D eigenvalue weighted by Gasteiger charge is -2.19. The fraction of sp³-hybridized carbons (Fsp3) is 0.385. The molecule has 0 atom stereocenters. The summed E-state index contributed by atoms with van der Waals surface area (Å²) < 4.78 is 0. The third-order valence-corrected chi connectivity index (χ3v) is 2.48. The molecule has 2 nitrogen and oxygen atoms in total. The molecule has 1 aromatic carbocycles. The van der Waals surface area contributed by atoms with Crippen molar-refractivity contribution in [3.05, 3.63) is 42.6 Å². The van der Waals surface area contributed by atoms with Crippen LogP contribution in [0.3, 0.4) is 0 Å². The van der Waals surface area contributed by atoms with Gasteiger partial charge in [0, 0.05) is 18.8 Å². The van der Waals surface area contributed by atoms with Crippen molar-refractivity contribution in [2.24, 2.45) is 5.73 Å². The fourth-order valence-corrected chi connectivity index (χ4v) is 1.48. The highest BCUT2D eigenvalue weighted by Crippen LogP contribution is 2.16. The van der Waals surface area contributed by atoms with Gasteiger partial charge >= 0.3 is 0 Å². The number of benzene rings is 1. The Morgan fingerprint density at radius 2 is 2.00 bits per heavy atom. The Morgan fingerprint density at radius 3 is 2.47 bits per heavy atom. The van der Waals surface area contributed by atoms with E-state index in [4.69, 9.17) is 5.73 Å². The third-order valence-electron chi connectivity index (χ3n) is 2.48. The van der Waals surface area contributed by atoms with Crippen LogP contribution >= 0.6 is 0 Å². The fourth-order valence-electron chi connectivity index (χ4n) is 1.48. The zero-order valence-electron chi connectivity index (χ0n) is 9.45. The molecule has 1 aromatic rings. The van der Waals surface area contributed by atoms with Gasteiger partial charge in [-0.3, -0.25) is 0 Å². The van der Waals surface area contributed by atoms with Gasteiger partial charge in [-0.2, -0.15) is 0 Å². The number of unbranched alkanes of at least 4 members (excludes halogenated alkanes) is 1. The quantitative estimate of drug-likeness (QED) is 0.772. The van der Waals surface area contributed by atoms with Crippen molar-refractivity contribution in [1.82, 2.24) is 0 Å². The van der Waals surface area contributed by atoms with E-state index in [9.17, 15) is 0 Å². The van der Waals surface area contributed by atoms with Crippen LogP contribution in [0.4, 0.5) is 5.69 Å². The van der Waals surface area contributed by atoms with Crippen molar-refractivity contribution >= 4 is 5.69 Å². The van der Waals surface area contributed by atoms with Crippen LogP contribution in [0.2, 0.25) is 0 Å². The summed E-state index contributed by atoms with van der Waals surface area (Å²) in [7, 11) is 0. The number of hydrogen-bond donors (Lipinski definition) is 1. The average molecular weight is 204 g/mol. The van der Waals surface area contributed by atoms with E-state index in [1.807, 2.05) is 6.20 Å². The molecule has 0 heterocycles. The first-order valence-electron chi connectivity index (χ1n) is 5.50. The lowest BCUT2D eigenvalue weighted by Crippen LogP contribution is -2.16. The summed E-state index contributed by atoms with van der Waals surface area (Å²) >= 11 is 0. The van der Waals surface area contributed by atoms with Gasteiger partial charge in [-0.05, 0) is 30.3 Å². The van der Waals surface area contributed by atoms with Crippen LogP contribution in [0, 0.1) is 0 Å². The number of nitrogens with zero attached hydrogens (tertiary/aromatic N) is 1. The second kappa shape index (κ2) is 6.25. The SMILES string of the molecule is C=CN(CCCC)c1ccc(CN)cc1. The summed E-state index contributed by atoms with van der Waals surface area (Å²) in [6.45, 7) is 7.66. The van der Waals surface area contributed by atoms with E-state index in [0.717, 1.165) is 6.54 Å². The summed E-state index contributed by atoms with van der Waals surface area (Å²) in [5, 5.41) is 0. The molecule has 82 valence electrons. The van der Waals surface area contributed by atoms with Crippen LogP contribution in [0.25, 0.3) is 0 Å². The molecule has 0 aliphatic carbocycles. The Bertz CT molecular complexity index is 290. The first kappa shape index (κ1) is 11.8. The predicted octanol–water partition coefficient (Wildman–Crippen LogP) is 2.90. The first-order valence-corrected chi connectivity index (χ1v) is 5.50. The lowest BCUT2D eigenvalue weighted by atomic mass is 10.2. The highest BCUT2D eigenvalue weighted by atomic mass is 15.1. The molecular formula is C13H20N2. The predicted molar refractivity (Wildman–Crippen MR) is 66.8 cm³/mol. The zero-order valence-corrected chi connectivity index (χ0v) is 9.45. The summed E-state index contributed by atoms with van der Waals surface area (Å²) in [6.07, 6.45) is 4.27. The van der Waals surface area contributed by atoms with Gasteiger partial charge in [0.05, 0.1) is 0 Å². The largest absolute Gasteiger partial charge is 0.349 e. The van der Waals surface area contributed by atoms with Crippen LogP contribution in [0.15, 0.2) is 37.0 Å². The normalized spacial score (nSPS) is 10.0. The Labute approximate surface area is 92.4 Å². The van der Waals surface area contributed by atoms with E-state index < -0.39 is 0 Å². The van der Waals surface area contributed by atoms with Gasteiger partial charge in [-0.15, -0.1) is 0 Å².